The topological polar surface area (TPSA) is 60.2 Å². The average Bonchev–Trinajstić information content (AvgIpc) is 3.01. The third-order valence-electron chi connectivity index (χ3n) is 6.35. The number of carbonyl (C=O) groups is 2. The molecule has 3 heterocycles. The van der Waals surface area contributed by atoms with E-state index in [0.29, 0.717) is 23.0 Å². The maximum Gasteiger partial charge on any atom is 0.250 e. The minimum atomic E-state index is -0.390. The number of likely N-dealkylation sites (N-methyl/N-ethyl adjacent to an activating group) is 1. The SMILES string of the molecule is C[N+]12CCCCC1c1sc(CC(=O)Cc3ccc(Cl)cc3)c(C(N)=O)c1CC2. The highest BCUT2D eigenvalue weighted by Gasteiger charge is 2.44. The van der Waals surface area contributed by atoms with Gasteiger partial charge >= 0.3 is 0 Å². The van der Waals surface area contributed by atoms with Crippen molar-refractivity contribution in [3.63, 3.8) is 0 Å². The summed E-state index contributed by atoms with van der Waals surface area (Å²) in [6.45, 7) is 2.24. The van der Waals surface area contributed by atoms with Gasteiger partial charge in [-0.1, -0.05) is 23.7 Å². The van der Waals surface area contributed by atoms with Crippen LogP contribution in [0.2, 0.25) is 5.02 Å². The summed E-state index contributed by atoms with van der Waals surface area (Å²) in [7, 11) is 2.34. The highest BCUT2D eigenvalue weighted by molar-refractivity contribution is 7.12. The van der Waals surface area contributed by atoms with E-state index in [1.165, 1.54) is 24.3 Å². The van der Waals surface area contributed by atoms with E-state index in [1.54, 1.807) is 23.5 Å². The number of fused-ring (bicyclic) bond motifs is 3. The van der Waals surface area contributed by atoms with E-state index >= 15 is 0 Å². The van der Waals surface area contributed by atoms with E-state index in [9.17, 15) is 9.59 Å². The number of carbonyl (C=O) groups excluding carboxylic acids is 2. The number of Topliss-reactive ketones (excluding diaryl/α,β-unsaturated/α-hetero) is 1. The predicted octanol–water partition coefficient (Wildman–Crippen LogP) is 4.08. The van der Waals surface area contributed by atoms with Crippen LogP contribution in [-0.2, 0) is 24.1 Å². The number of quaternary nitrogens is 1. The summed E-state index contributed by atoms with van der Waals surface area (Å²) in [6.07, 6.45) is 5.14. The number of hydrogen-bond acceptors (Lipinski definition) is 3. The second kappa shape index (κ2) is 7.62. The highest BCUT2D eigenvalue weighted by Crippen LogP contribution is 2.47. The first-order valence-electron chi connectivity index (χ1n) is 9.92. The zero-order valence-electron chi connectivity index (χ0n) is 16.2. The fourth-order valence-corrected chi connectivity index (χ4v) is 6.65. The second-order valence-corrected chi connectivity index (χ2v) is 9.89. The number of piperidine rings is 1. The lowest BCUT2D eigenvalue weighted by molar-refractivity contribution is -0.945. The lowest BCUT2D eigenvalue weighted by Gasteiger charge is -2.47. The van der Waals surface area contributed by atoms with Crippen molar-refractivity contribution in [3.05, 3.63) is 55.7 Å². The van der Waals surface area contributed by atoms with Gasteiger partial charge in [-0.25, -0.2) is 0 Å². The van der Waals surface area contributed by atoms with Gasteiger partial charge in [-0.3, -0.25) is 9.59 Å². The molecular formula is C22H26ClN2O2S+. The largest absolute Gasteiger partial charge is 0.366 e. The smallest absolute Gasteiger partial charge is 0.250 e. The van der Waals surface area contributed by atoms with Crippen molar-refractivity contribution in [3.8, 4) is 0 Å². The zero-order chi connectivity index (χ0) is 19.9. The molecule has 1 fully saturated rings. The van der Waals surface area contributed by atoms with Crippen LogP contribution in [0.4, 0.5) is 0 Å². The molecule has 2 aliphatic rings. The molecule has 2 unspecified atom stereocenters. The van der Waals surface area contributed by atoms with Crippen LogP contribution in [0.15, 0.2) is 24.3 Å². The molecule has 0 bridgehead atoms. The van der Waals surface area contributed by atoms with Gasteiger partial charge in [0.05, 0.1) is 30.6 Å². The van der Waals surface area contributed by atoms with Crippen molar-refractivity contribution in [2.24, 2.45) is 5.73 Å². The van der Waals surface area contributed by atoms with Crippen LogP contribution in [0.1, 0.15) is 56.5 Å². The van der Waals surface area contributed by atoms with Crippen LogP contribution >= 0.6 is 22.9 Å². The molecular weight excluding hydrogens is 392 g/mol. The molecule has 0 radical (unpaired) electrons. The summed E-state index contributed by atoms with van der Waals surface area (Å²) in [5, 5.41) is 0.659. The molecule has 1 aromatic heterocycles. The molecule has 1 amide bonds. The summed E-state index contributed by atoms with van der Waals surface area (Å²) in [5.74, 6) is -0.289. The number of amides is 1. The molecule has 0 aliphatic carbocycles. The van der Waals surface area contributed by atoms with Crippen LogP contribution < -0.4 is 5.73 Å². The van der Waals surface area contributed by atoms with E-state index in [-0.39, 0.29) is 12.2 Å². The molecule has 2 aromatic rings. The molecule has 28 heavy (non-hydrogen) atoms. The molecule has 6 heteroatoms. The van der Waals surface area contributed by atoms with Crippen LogP contribution in [0, 0.1) is 0 Å². The third kappa shape index (κ3) is 3.63. The van der Waals surface area contributed by atoms with E-state index in [1.807, 2.05) is 12.1 Å². The Labute approximate surface area is 174 Å². The second-order valence-electron chi connectivity index (χ2n) is 8.31. The third-order valence-corrected chi connectivity index (χ3v) is 7.94. The summed E-state index contributed by atoms with van der Waals surface area (Å²) in [6, 6.07) is 7.79. The Morgan fingerprint density at radius 3 is 2.64 bits per heavy atom. The van der Waals surface area contributed by atoms with Gasteiger partial charge in [0, 0.05) is 35.6 Å². The van der Waals surface area contributed by atoms with Gasteiger partial charge in [-0.2, -0.15) is 0 Å². The Bertz CT molecular complexity index is 921. The number of hydrogen-bond donors (Lipinski definition) is 1. The van der Waals surface area contributed by atoms with Gasteiger partial charge < -0.3 is 10.2 Å². The maximum atomic E-state index is 12.7. The Morgan fingerprint density at radius 2 is 1.93 bits per heavy atom. The number of rotatable bonds is 5. The van der Waals surface area contributed by atoms with Gasteiger partial charge in [0.2, 0.25) is 5.91 Å². The first-order chi connectivity index (χ1) is 13.4. The molecule has 148 valence electrons. The number of benzene rings is 1. The van der Waals surface area contributed by atoms with E-state index < -0.39 is 5.91 Å². The van der Waals surface area contributed by atoms with Crippen LogP contribution in [0.5, 0.6) is 0 Å². The number of thiophene rings is 1. The van der Waals surface area contributed by atoms with E-state index in [2.05, 4.69) is 7.05 Å². The Hall–Kier alpha value is -1.69. The fraction of sp³-hybridized carbons (Fsp3) is 0.455. The van der Waals surface area contributed by atoms with Gasteiger partial charge in [0.1, 0.15) is 11.8 Å². The zero-order valence-corrected chi connectivity index (χ0v) is 17.7. The number of nitrogens with two attached hydrogens (primary N) is 1. The fourth-order valence-electron chi connectivity index (χ4n) is 4.86. The number of halogens is 1. The first kappa shape index (κ1) is 19.6. The molecule has 4 rings (SSSR count). The maximum absolute atomic E-state index is 12.7. The van der Waals surface area contributed by atoms with Crippen LogP contribution in [-0.4, -0.2) is 36.3 Å². The number of nitrogens with zero attached hydrogens (tertiary/aromatic N) is 1. The molecule has 0 spiro atoms. The molecule has 2 atom stereocenters. The number of primary amides is 1. The molecule has 1 aromatic carbocycles. The van der Waals surface area contributed by atoms with E-state index in [4.69, 9.17) is 17.3 Å². The van der Waals surface area contributed by atoms with Crippen LogP contribution in [0.3, 0.4) is 0 Å². The van der Waals surface area contributed by atoms with Gasteiger partial charge in [0.25, 0.3) is 0 Å². The standard InChI is InChI=1S/C22H25ClN2O2S/c1-25-10-3-2-4-18(25)21-17(9-11-25)20(22(24)27)19(28-21)13-16(26)12-14-5-7-15(23)8-6-14/h5-8,18H,2-4,9-13H2,1H3,(H-,24,27)/p+1. The Balaban J connectivity index is 1.61. The average molecular weight is 418 g/mol. The monoisotopic (exact) mass is 417 g/mol. The number of ketones is 1. The van der Waals surface area contributed by atoms with Crippen molar-refractivity contribution < 1.29 is 14.1 Å². The lowest BCUT2D eigenvalue weighted by Crippen LogP contribution is -2.53. The minimum absolute atomic E-state index is 0.101. The summed E-state index contributed by atoms with van der Waals surface area (Å²) in [5.41, 5.74) is 8.45. The molecule has 0 saturated carbocycles. The summed E-state index contributed by atoms with van der Waals surface area (Å²) in [4.78, 5) is 27.1. The quantitative estimate of drug-likeness (QED) is 0.745. The summed E-state index contributed by atoms with van der Waals surface area (Å²) < 4.78 is 1.06. The Morgan fingerprint density at radius 1 is 1.18 bits per heavy atom. The predicted molar refractivity (Wildman–Crippen MR) is 113 cm³/mol. The minimum Gasteiger partial charge on any atom is -0.366 e. The molecule has 2 N–H and O–H groups in total. The van der Waals surface area contributed by atoms with Gasteiger partial charge in [-0.05, 0) is 36.1 Å². The van der Waals surface area contributed by atoms with Gasteiger partial charge in [0.15, 0.2) is 0 Å². The van der Waals surface area contributed by atoms with Gasteiger partial charge in [-0.15, -0.1) is 11.3 Å². The Kier molecular flexibility index (Phi) is 5.34. The molecule has 2 aliphatic heterocycles. The van der Waals surface area contributed by atoms with Crippen molar-refractivity contribution in [2.45, 2.75) is 44.6 Å². The van der Waals surface area contributed by atoms with Crippen molar-refractivity contribution >= 4 is 34.6 Å². The molecule has 1 saturated heterocycles. The molecule has 4 nitrogen and oxygen atoms in total. The van der Waals surface area contributed by atoms with Crippen LogP contribution in [0.25, 0.3) is 0 Å². The lowest BCUT2D eigenvalue weighted by atomic mass is 9.88. The van der Waals surface area contributed by atoms with Crippen molar-refractivity contribution in [2.75, 3.05) is 20.1 Å². The van der Waals surface area contributed by atoms with E-state index in [0.717, 1.165) is 39.9 Å². The normalized spacial score (nSPS) is 23.7. The summed E-state index contributed by atoms with van der Waals surface area (Å²) >= 11 is 7.58. The highest BCUT2D eigenvalue weighted by atomic mass is 35.5. The van der Waals surface area contributed by atoms with Crippen molar-refractivity contribution in [1.82, 2.24) is 0 Å². The van der Waals surface area contributed by atoms with Crippen molar-refractivity contribution in [1.29, 1.82) is 0 Å². The first-order valence-corrected chi connectivity index (χ1v) is 11.1.